The second kappa shape index (κ2) is 8.84. The molecule has 0 spiro atoms. The van der Waals surface area contributed by atoms with E-state index in [9.17, 15) is 4.57 Å². The molecule has 1 atom stereocenters. The summed E-state index contributed by atoms with van der Waals surface area (Å²) in [5.41, 5.74) is 0. The molecule has 7 heteroatoms. The molecule has 0 N–H and O–H groups in total. The highest BCUT2D eigenvalue weighted by molar-refractivity contribution is 7.54. The summed E-state index contributed by atoms with van der Waals surface area (Å²) in [5.74, 6) is -0.0227. The summed E-state index contributed by atoms with van der Waals surface area (Å²) in [6, 6.07) is 9.37. The summed E-state index contributed by atoms with van der Waals surface area (Å²) in [6.45, 7) is 10.4. The quantitative estimate of drug-likeness (QED) is 0.461. The Morgan fingerprint density at radius 2 is 1.59 bits per heavy atom. The summed E-state index contributed by atoms with van der Waals surface area (Å²) < 4.78 is 35.6. The number of rotatable bonds is 10. The first-order valence-corrected chi connectivity index (χ1v) is 12.6. The van der Waals surface area contributed by atoms with Crippen LogP contribution in [0.15, 0.2) is 30.3 Å². The molecule has 0 fully saturated rings. The average Bonchev–Trinajstić information content (AvgIpc) is 2.44. The van der Waals surface area contributed by atoms with Gasteiger partial charge in [-0.25, -0.2) is 0 Å². The topological polar surface area (TPSA) is 54.0 Å². The van der Waals surface area contributed by atoms with Gasteiger partial charge in [0.05, 0.1) is 13.2 Å². The molecule has 22 heavy (non-hydrogen) atoms. The van der Waals surface area contributed by atoms with Gasteiger partial charge in [0.15, 0.2) is 14.2 Å². The number of ether oxygens (including phenoxy) is 1. The van der Waals surface area contributed by atoms with Crippen LogP contribution >= 0.6 is 7.60 Å². The first-order chi connectivity index (χ1) is 10.3. The van der Waals surface area contributed by atoms with Crippen molar-refractivity contribution in [3.05, 3.63) is 30.3 Å². The van der Waals surface area contributed by atoms with Crippen molar-refractivity contribution in [3.63, 3.8) is 0 Å². The highest BCUT2D eigenvalue weighted by atomic mass is 31.2. The SMILES string of the molecule is CCOP(=O)(OCC)C(COc1ccccc1)O[Si](C)(C)C. The van der Waals surface area contributed by atoms with Gasteiger partial charge >= 0.3 is 7.60 Å². The van der Waals surface area contributed by atoms with Crippen LogP contribution in [-0.4, -0.2) is 34.0 Å². The minimum atomic E-state index is -3.38. The molecule has 0 bridgehead atoms. The predicted octanol–water partition coefficient (Wildman–Crippen LogP) is 4.51. The van der Waals surface area contributed by atoms with Gasteiger partial charge in [0.25, 0.3) is 0 Å². The van der Waals surface area contributed by atoms with E-state index < -0.39 is 21.8 Å². The first-order valence-electron chi connectivity index (χ1n) is 7.55. The van der Waals surface area contributed by atoms with Gasteiger partial charge in [-0.05, 0) is 45.6 Å². The number of benzene rings is 1. The van der Waals surface area contributed by atoms with E-state index >= 15 is 0 Å². The molecule has 0 aromatic heterocycles. The van der Waals surface area contributed by atoms with Crippen molar-refractivity contribution in [2.45, 2.75) is 39.3 Å². The Hall–Kier alpha value is -0.653. The largest absolute Gasteiger partial charge is 0.490 e. The van der Waals surface area contributed by atoms with E-state index in [2.05, 4.69) is 0 Å². The third-order valence-corrected chi connectivity index (χ3v) is 5.98. The van der Waals surface area contributed by atoms with Gasteiger partial charge in [-0.3, -0.25) is 4.57 Å². The van der Waals surface area contributed by atoms with E-state index in [4.69, 9.17) is 18.2 Å². The summed E-state index contributed by atoms with van der Waals surface area (Å²) in [4.78, 5) is 0. The minimum absolute atomic E-state index is 0.131. The fourth-order valence-corrected chi connectivity index (χ4v) is 5.58. The van der Waals surface area contributed by atoms with Gasteiger partial charge in [-0.1, -0.05) is 18.2 Å². The summed E-state index contributed by atoms with van der Waals surface area (Å²) in [7, 11) is -5.31. The minimum Gasteiger partial charge on any atom is -0.490 e. The highest BCUT2D eigenvalue weighted by Gasteiger charge is 2.40. The van der Waals surface area contributed by atoms with E-state index in [0.717, 1.165) is 0 Å². The molecule has 0 radical (unpaired) electrons. The predicted molar refractivity (Wildman–Crippen MR) is 91.0 cm³/mol. The van der Waals surface area contributed by atoms with Crippen molar-refractivity contribution in [1.29, 1.82) is 0 Å². The van der Waals surface area contributed by atoms with Gasteiger partial charge < -0.3 is 18.2 Å². The summed E-state index contributed by atoms with van der Waals surface area (Å²) in [5, 5.41) is 0. The molecule has 5 nitrogen and oxygen atoms in total. The molecule has 1 rings (SSSR count). The monoisotopic (exact) mass is 346 g/mol. The van der Waals surface area contributed by atoms with Gasteiger partial charge in [-0.2, -0.15) is 0 Å². The maximum Gasteiger partial charge on any atom is 0.361 e. The maximum absolute atomic E-state index is 13.0. The smallest absolute Gasteiger partial charge is 0.361 e. The lowest BCUT2D eigenvalue weighted by molar-refractivity contribution is 0.122. The Kier molecular flexibility index (Phi) is 7.80. The third kappa shape index (κ3) is 6.63. The summed E-state index contributed by atoms with van der Waals surface area (Å²) in [6.07, 6.45) is 0. The van der Waals surface area contributed by atoms with E-state index in [1.54, 1.807) is 13.8 Å². The van der Waals surface area contributed by atoms with Crippen molar-refractivity contribution < 1.29 is 22.8 Å². The van der Waals surface area contributed by atoms with Crippen LogP contribution in [0.3, 0.4) is 0 Å². The zero-order valence-corrected chi connectivity index (χ0v) is 16.0. The zero-order chi connectivity index (χ0) is 16.6. The molecule has 0 aliphatic carbocycles. The van der Waals surface area contributed by atoms with Gasteiger partial charge in [0.2, 0.25) is 0 Å². The van der Waals surface area contributed by atoms with Crippen molar-refractivity contribution >= 4 is 15.9 Å². The molecule has 0 aliphatic rings. The molecule has 0 saturated carbocycles. The maximum atomic E-state index is 13.0. The number of para-hydroxylation sites is 1. The molecule has 0 heterocycles. The van der Waals surface area contributed by atoms with Crippen molar-refractivity contribution in [2.24, 2.45) is 0 Å². The Bertz CT molecular complexity index is 465. The van der Waals surface area contributed by atoms with E-state index in [-0.39, 0.29) is 6.61 Å². The zero-order valence-electron chi connectivity index (χ0n) is 14.1. The van der Waals surface area contributed by atoms with Crippen LogP contribution in [0.2, 0.25) is 19.6 Å². The van der Waals surface area contributed by atoms with Crippen molar-refractivity contribution in [3.8, 4) is 5.75 Å². The molecule has 1 unspecified atom stereocenters. The average molecular weight is 346 g/mol. The lowest BCUT2D eigenvalue weighted by Gasteiger charge is -2.31. The molecule has 0 amide bonds. The molecular weight excluding hydrogens is 319 g/mol. The third-order valence-electron chi connectivity index (χ3n) is 2.60. The first kappa shape index (κ1) is 19.4. The number of hydrogen-bond acceptors (Lipinski definition) is 5. The second-order valence-electron chi connectivity index (χ2n) is 5.68. The van der Waals surface area contributed by atoms with Crippen LogP contribution in [0.4, 0.5) is 0 Å². The normalized spacial score (nSPS) is 13.9. The molecular formula is C15H27O5PSi. The number of hydrogen-bond donors (Lipinski definition) is 0. The highest BCUT2D eigenvalue weighted by Crippen LogP contribution is 2.54. The van der Waals surface area contributed by atoms with E-state index in [0.29, 0.717) is 19.0 Å². The van der Waals surface area contributed by atoms with Crippen LogP contribution in [0.1, 0.15) is 13.8 Å². The van der Waals surface area contributed by atoms with Crippen LogP contribution in [-0.2, 0) is 18.0 Å². The Balaban J connectivity index is 2.88. The fraction of sp³-hybridized carbons (Fsp3) is 0.600. The molecule has 0 aliphatic heterocycles. The molecule has 0 saturated heterocycles. The van der Waals surface area contributed by atoms with Crippen LogP contribution in [0.25, 0.3) is 0 Å². The Morgan fingerprint density at radius 3 is 2.05 bits per heavy atom. The van der Waals surface area contributed by atoms with Gasteiger partial charge in [0.1, 0.15) is 12.4 Å². The standard InChI is InChI=1S/C15H27O5PSi/c1-6-18-21(16,19-7-2)15(20-22(3,4)5)13-17-14-11-9-8-10-12-14/h8-12,15H,6-7,13H2,1-5H3. The Morgan fingerprint density at radius 1 is 1.05 bits per heavy atom. The second-order valence-corrected chi connectivity index (χ2v) is 12.3. The van der Waals surface area contributed by atoms with Gasteiger partial charge in [0, 0.05) is 0 Å². The van der Waals surface area contributed by atoms with E-state index in [1.165, 1.54) is 0 Å². The fourth-order valence-electron chi connectivity index (χ4n) is 1.85. The molecule has 126 valence electrons. The lowest BCUT2D eigenvalue weighted by Crippen LogP contribution is -2.36. The van der Waals surface area contributed by atoms with Crippen molar-refractivity contribution in [1.82, 2.24) is 0 Å². The molecule has 1 aromatic carbocycles. The van der Waals surface area contributed by atoms with Gasteiger partial charge in [-0.15, -0.1) is 0 Å². The van der Waals surface area contributed by atoms with Crippen LogP contribution in [0.5, 0.6) is 5.75 Å². The Labute approximate surface area is 134 Å². The van der Waals surface area contributed by atoms with Crippen LogP contribution in [0, 0.1) is 0 Å². The molecule has 1 aromatic rings. The summed E-state index contributed by atoms with van der Waals surface area (Å²) >= 11 is 0. The van der Waals surface area contributed by atoms with Crippen LogP contribution < -0.4 is 4.74 Å². The lowest BCUT2D eigenvalue weighted by atomic mass is 10.3. The van der Waals surface area contributed by atoms with E-state index in [1.807, 2.05) is 50.0 Å². The van der Waals surface area contributed by atoms with Crippen molar-refractivity contribution in [2.75, 3.05) is 19.8 Å².